The van der Waals surface area contributed by atoms with Gasteiger partial charge in [0, 0.05) is 12.2 Å². The molecule has 0 saturated carbocycles. The molecule has 2 aromatic rings. The Morgan fingerprint density at radius 3 is 2.62 bits per heavy atom. The topological polar surface area (TPSA) is 122 Å². The Morgan fingerprint density at radius 2 is 2.05 bits per heavy atom. The molecule has 0 aliphatic heterocycles. The van der Waals surface area contributed by atoms with E-state index in [2.05, 4.69) is 9.97 Å². The molecule has 1 amide bonds. The number of nitrogens with zero attached hydrogens (tertiary/aromatic N) is 4. The Morgan fingerprint density at radius 1 is 1.29 bits per heavy atom. The number of anilines is 2. The van der Waals surface area contributed by atoms with Crippen LogP contribution in [0.15, 0.2) is 36.7 Å². The van der Waals surface area contributed by atoms with E-state index in [0.29, 0.717) is 18.1 Å². The number of carbonyl (C=O) groups excluding carboxylic acids is 1. The molecule has 7 heteroatoms. The van der Waals surface area contributed by atoms with Gasteiger partial charge < -0.3 is 16.4 Å². The number of hydrogen-bond acceptors (Lipinski definition) is 6. The van der Waals surface area contributed by atoms with E-state index in [-0.39, 0.29) is 12.2 Å². The van der Waals surface area contributed by atoms with E-state index in [1.807, 2.05) is 24.3 Å². The maximum Gasteiger partial charge on any atom is 0.237 e. The Kier molecular flexibility index (Phi) is 4.31. The molecule has 106 valence electrons. The van der Waals surface area contributed by atoms with Crippen LogP contribution >= 0.6 is 0 Å². The van der Waals surface area contributed by atoms with Crippen LogP contribution in [0, 0.1) is 11.3 Å². The molecule has 1 heterocycles. The number of primary amides is 1. The molecule has 0 aliphatic carbocycles. The van der Waals surface area contributed by atoms with Crippen molar-refractivity contribution in [3.05, 3.63) is 47.9 Å². The van der Waals surface area contributed by atoms with Crippen LogP contribution in [0.2, 0.25) is 0 Å². The van der Waals surface area contributed by atoms with Gasteiger partial charge in [-0.05, 0) is 11.6 Å². The van der Waals surface area contributed by atoms with Gasteiger partial charge >= 0.3 is 0 Å². The number of nitriles is 1. The summed E-state index contributed by atoms with van der Waals surface area (Å²) in [5.41, 5.74) is 12.8. The summed E-state index contributed by atoms with van der Waals surface area (Å²) in [6, 6.07) is 9.22. The number of nitrogen functional groups attached to an aromatic ring is 1. The van der Waals surface area contributed by atoms with Crippen molar-refractivity contribution in [3.63, 3.8) is 0 Å². The van der Waals surface area contributed by atoms with Gasteiger partial charge in [0.25, 0.3) is 0 Å². The summed E-state index contributed by atoms with van der Waals surface area (Å²) >= 11 is 0. The fourth-order valence-electron chi connectivity index (χ4n) is 1.83. The maximum atomic E-state index is 11.2. The second kappa shape index (κ2) is 6.34. The van der Waals surface area contributed by atoms with Gasteiger partial charge in [-0.25, -0.2) is 9.97 Å². The number of rotatable bonds is 5. The van der Waals surface area contributed by atoms with Crippen LogP contribution in [0.4, 0.5) is 11.5 Å². The molecular formula is C14H14N6O. The summed E-state index contributed by atoms with van der Waals surface area (Å²) in [5.74, 6) is -0.0354. The lowest BCUT2D eigenvalue weighted by Crippen LogP contribution is -2.34. The van der Waals surface area contributed by atoms with Gasteiger partial charge in [-0.1, -0.05) is 18.2 Å². The van der Waals surface area contributed by atoms with Crippen molar-refractivity contribution in [2.45, 2.75) is 6.54 Å². The van der Waals surface area contributed by atoms with Crippen LogP contribution in [0.25, 0.3) is 0 Å². The normalized spacial score (nSPS) is 9.86. The smallest absolute Gasteiger partial charge is 0.237 e. The van der Waals surface area contributed by atoms with Crippen LogP contribution in [0.3, 0.4) is 0 Å². The summed E-state index contributed by atoms with van der Waals surface area (Å²) in [7, 11) is 0. The van der Waals surface area contributed by atoms with Crippen molar-refractivity contribution in [2.75, 3.05) is 17.2 Å². The highest BCUT2D eigenvalue weighted by atomic mass is 16.1. The van der Waals surface area contributed by atoms with Crippen molar-refractivity contribution in [2.24, 2.45) is 5.73 Å². The van der Waals surface area contributed by atoms with Gasteiger partial charge in [-0.15, -0.1) is 0 Å². The molecule has 0 spiro atoms. The first kappa shape index (κ1) is 14.3. The zero-order valence-electron chi connectivity index (χ0n) is 11.2. The molecule has 7 nitrogen and oxygen atoms in total. The Bertz CT molecular complexity index is 677. The number of amides is 1. The fraction of sp³-hybridized carbons (Fsp3) is 0.143. The number of aromatic nitrogens is 2. The van der Waals surface area contributed by atoms with E-state index in [4.69, 9.17) is 16.7 Å². The van der Waals surface area contributed by atoms with E-state index in [1.54, 1.807) is 11.0 Å². The summed E-state index contributed by atoms with van der Waals surface area (Å²) in [5, 5.41) is 8.73. The minimum atomic E-state index is -0.490. The van der Waals surface area contributed by atoms with Gasteiger partial charge in [0.05, 0.1) is 18.9 Å². The van der Waals surface area contributed by atoms with E-state index < -0.39 is 5.91 Å². The van der Waals surface area contributed by atoms with Crippen molar-refractivity contribution in [3.8, 4) is 6.07 Å². The van der Waals surface area contributed by atoms with E-state index >= 15 is 0 Å². The number of hydrogen-bond donors (Lipinski definition) is 2. The van der Waals surface area contributed by atoms with Gasteiger partial charge in [0.15, 0.2) is 5.69 Å². The molecule has 1 aromatic carbocycles. The lowest BCUT2D eigenvalue weighted by atomic mass is 10.1. The number of nitrogens with two attached hydrogens (primary N) is 2. The van der Waals surface area contributed by atoms with Crippen LogP contribution in [-0.2, 0) is 11.3 Å². The van der Waals surface area contributed by atoms with Crippen molar-refractivity contribution < 1.29 is 4.79 Å². The van der Waals surface area contributed by atoms with Gasteiger partial charge in [-0.3, -0.25) is 4.79 Å². The molecule has 0 fully saturated rings. The van der Waals surface area contributed by atoms with Crippen molar-refractivity contribution in [1.82, 2.24) is 9.97 Å². The first-order valence-electron chi connectivity index (χ1n) is 6.19. The van der Waals surface area contributed by atoms with Crippen LogP contribution < -0.4 is 16.4 Å². The average molecular weight is 282 g/mol. The molecule has 21 heavy (non-hydrogen) atoms. The predicted octanol–water partition coefficient (Wildman–Crippen LogP) is 0.422. The minimum absolute atomic E-state index is 0.0189. The highest BCUT2D eigenvalue weighted by molar-refractivity contribution is 5.79. The fourth-order valence-corrected chi connectivity index (χ4v) is 1.83. The van der Waals surface area contributed by atoms with Crippen molar-refractivity contribution >= 4 is 17.4 Å². The predicted molar refractivity (Wildman–Crippen MR) is 77.8 cm³/mol. The molecule has 0 saturated heterocycles. The third kappa shape index (κ3) is 3.67. The quantitative estimate of drug-likeness (QED) is 0.766. The molecule has 0 bridgehead atoms. The third-order valence-electron chi connectivity index (χ3n) is 2.84. The standard InChI is InChI=1S/C14H14N6O/c15-5-11-6-19-14(7-18-11)20(9-13(17)21)8-10-3-1-2-4-12(10)16/h1-4,6-7H,8-9,16H2,(H2,17,21). The van der Waals surface area contributed by atoms with E-state index in [9.17, 15) is 4.79 Å². The molecule has 2 rings (SSSR count). The summed E-state index contributed by atoms with van der Waals surface area (Å²) in [6.45, 7) is 0.352. The van der Waals surface area contributed by atoms with E-state index in [1.165, 1.54) is 12.4 Å². The SMILES string of the molecule is N#Cc1cnc(N(CC(N)=O)Cc2ccccc2N)cn1. The zero-order chi connectivity index (χ0) is 15.2. The summed E-state index contributed by atoms with van der Waals surface area (Å²) in [6.07, 6.45) is 2.78. The van der Waals surface area contributed by atoms with E-state index in [0.717, 1.165) is 5.56 Å². The van der Waals surface area contributed by atoms with Crippen LogP contribution in [-0.4, -0.2) is 22.4 Å². The molecule has 4 N–H and O–H groups in total. The largest absolute Gasteiger partial charge is 0.398 e. The third-order valence-corrected chi connectivity index (χ3v) is 2.84. The van der Waals surface area contributed by atoms with Gasteiger partial charge in [0.2, 0.25) is 5.91 Å². The molecule has 0 aliphatic rings. The van der Waals surface area contributed by atoms with Gasteiger partial charge in [0.1, 0.15) is 11.9 Å². The highest BCUT2D eigenvalue weighted by Crippen LogP contribution is 2.17. The number of para-hydroxylation sites is 1. The second-order valence-electron chi connectivity index (χ2n) is 4.39. The first-order valence-corrected chi connectivity index (χ1v) is 6.19. The van der Waals surface area contributed by atoms with Gasteiger partial charge in [-0.2, -0.15) is 5.26 Å². The Balaban J connectivity index is 2.27. The highest BCUT2D eigenvalue weighted by Gasteiger charge is 2.13. The molecular weight excluding hydrogens is 268 g/mol. The monoisotopic (exact) mass is 282 g/mol. The first-order chi connectivity index (χ1) is 10.1. The number of carbonyl (C=O) groups is 1. The zero-order valence-corrected chi connectivity index (χ0v) is 11.2. The van der Waals surface area contributed by atoms with Crippen LogP contribution in [0.5, 0.6) is 0 Å². The maximum absolute atomic E-state index is 11.2. The molecule has 0 radical (unpaired) electrons. The van der Waals surface area contributed by atoms with Crippen LogP contribution in [0.1, 0.15) is 11.3 Å². The average Bonchev–Trinajstić information content (AvgIpc) is 2.48. The minimum Gasteiger partial charge on any atom is -0.398 e. The Labute approximate surface area is 121 Å². The summed E-state index contributed by atoms with van der Waals surface area (Å²) in [4.78, 5) is 20.9. The summed E-state index contributed by atoms with van der Waals surface area (Å²) < 4.78 is 0. The lowest BCUT2D eigenvalue weighted by Gasteiger charge is -2.22. The molecule has 1 aromatic heterocycles. The Hall–Kier alpha value is -3.14. The van der Waals surface area contributed by atoms with Crippen molar-refractivity contribution in [1.29, 1.82) is 5.26 Å². The lowest BCUT2D eigenvalue weighted by molar-refractivity contribution is -0.116. The number of benzene rings is 1. The molecule has 0 atom stereocenters. The second-order valence-corrected chi connectivity index (χ2v) is 4.39. The molecule has 0 unspecified atom stereocenters.